The molecule has 26 heavy (non-hydrogen) atoms. The van der Waals surface area contributed by atoms with Gasteiger partial charge in [-0.25, -0.2) is 9.97 Å². The number of aromatic nitrogens is 2. The molecule has 1 aliphatic heterocycles. The van der Waals surface area contributed by atoms with Crippen molar-refractivity contribution in [2.75, 3.05) is 45.2 Å². The summed E-state index contributed by atoms with van der Waals surface area (Å²) in [5.41, 5.74) is 1.20. The highest BCUT2D eigenvalue weighted by Gasteiger charge is 2.15. The van der Waals surface area contributed by atoms with Crippen LogP contribution in [0.25, 0.3) is 0 Å². The number of thiazole rings is 1. The second kappa shape index (κ2) is 8.95. The van der Waals surface area contributed by atoms with Gasteiger partial charge < -0.3 is 20.4 Å². The maximum Gasteiger partial charge on any atom is 0.191 e. The van der Waals surface area contributed by atoms with Crippen LogP contribution in [0, 0.1) is 6.92 Å². The summed E-state index contributed by atoms with van der Waals surface area (Å²) in [4.78, 5) is 19.1. The van der Waals surface area contributed by atoms with Crippen molar-refractivity contribution < 1.29 is 0 Å². The quantitative estimate of drug-likeness (QED) is 0.611. The number of aliphatic imine (C=N–C) groups is 1. The van der Waals surface area contributed by atoms with Crippen LogP contribution in [0.1, 0.15) is 15.4 Å². The smallest absolute Gasteiger partial charge is 0.191 e. The highest BCUT2D eigenvalue weighted by Crippen LogP contribution is 2.15. The molecule has 0 saturated carbocycles. The van der Waals surface area contributed by atoms with Gasteiger partial charge in [-0.2, -0.15) is 0 Å². The number of nitrogens with one attached hydrogen (secondary N) is 2. The van der Waals surface area contributed by atoms with E-state index in [0.717, 1.165) is 43.0 Å². The maximum absolute atomic E-state index is 4.54. The van der Waals surface area contributed by atoms with E-state index in [0.29, 0.717) is 13.1 Å². The summed E-state index contributed by atoms with van der Waals surface area (Å²) in [6, 6.07) is 4.21. The molecule has 0 radical (unpaired) electrons. The number of likely N-dealkylation sites (N-methyl/N-ethyl adjacent to an activating group) is 1. The summed E-state index contributed by atoms with van der Waals surface area (Å²) in [5, 5.41) is 7.73. The first kappa shape index (κ1) is 18.6. The molecule has 140 valence electrons. The fourth-order valence-corrected chi connectivity index (χ4v) is 3.55. The molecule has 0 aliphatic carbocycles. The number of hydrogen-bond acceptors (Lipinski definition) is 6. The van der Waals surface area contributed by atoms with E-state index in [1.165, 1.54) is 10.4 Å². The van der Waals surface area contributed by atoms with E-state index in [1.54, 1.807) is 18.4 Å². The van der Waals surface area contributed by atoms with Gasteiger partial charge >= 0.3 is 0 Å². The number of nitrogens with zero attached hydrogens (tertiary/aromatic N) is 5. The highest BCUT2D eigenvalue weighted by atomic mass is 32.1. The van der Waals surface area contributed by atoms with E-state index in [9.17, 15) is 0 Å². The van der Waals surface area contributed by atoms with Gasteiger partial charge in [0.25, 0.3) is 0 Å². The molecular formula is C18H27N7S. The fraction of sp³-hybridized carbons (Fsp3) is 0.500. The van der Waals surface area contributed by atoms with Crippen LogP contribution in [-0.2, 0) is 13.1 Å². The van der Waals surface area contributed by atoms with Crippen molar-refractivity contribution in [1.29, 1.82) is 0 Å². The van der Waals surface area contributed by atoms with Crippen LogP contribution in [0.5, 0.6) is 0 Å². The standard InChI is InChI=1S/C18H27N7S/c1-14-11-21-17(26-14)13-23-18(19-2)22-12-15-4-5-20-16(10-15)25-8-6-24(3)7-9-25/h4-5,10-11H,6-9,12-13H2,1-3H3,(H2,19,22,23). The lowest BCUT2D eigenvalue weighted by molar-refractivity contribution is 0.312. The number of hydrogen-bond donors (Lipinski definition) is 2. The summed E-state index contributed by atoms with van der Waals surface area (Å²) < 4.78 is 0. The predicted octanol–water partition coefficient (Wildman–Crippen LogP) is 1.46. The fourth-order valence-electron chi connectivity index (χ4n) is 2.83. The van der Waals surface area contributed by atoms with E-state index >= 15 is 0 Å². The lowest BCUT2D eigenvalue weighted by atomic mass is 10.2. The van der Waals surface area contributed by atoms with Crippen molar-refractivity contribution in [2.45, 2.75) is 20.0 Å². The Kier molecular flexibility index (Phi) is 6.40. The van der Waals surface area contributed by atoms with Gasteiger partial charge in [-0.1, -0.05) is 0 Å². The zero-order valence-corrected chi connectivity index (χ0v) is 16.5. The number of aryl methyl sites for hydroxylation is 1. The Bertz CT molecular complexity index is 735. The van der Waals surface area contributed by atoms with Crippen LogP contribution < -0.4 is 15.5 Å². The lowest BCUT2D eigenvalue weighted by Gasteiger charge is -2.33. The molecule has 3 heterocycles. The SMILES string of the molecule is CN=C(NCc1ccnc(N2CCN(C)CC2)c1)NCc1ncc(C)s1. The molecule has 1 aliphatic rings. The van der Waals surface area contributed by atoms with Gasteiger partial charge in [-0.3, -0.25) is 4.99 Å². The Morgan fingerprint density at radius 3 is 2.65 bits per heavy atom. The molecule has 0 amide bonds. The van der Waals surface area contributed by atoms with Crippen LogP contribution in [0.15, 0.2) is 29.5 Å². The van der Waals surface area contributed by atoms with Crippen molar-refractivity contribution in [3.05, 3.63) is 40.0 Å². The molecule has 2 aromatic rings. The molecule has 0 bridgehead atoms. The first-order valence-corrected chi connectivity index (χ1v) is 9.70. The topological polar surface area (TPSA) is 68.7 Å². The minimum absolute atomic E-state index is 0.682. The molecular weight excluding hydrogens is 346 g/mol. The van der Waals surface area contributed by atoms with E-state index in [4.69, 9.17) is 0 Å². The first-order chi connectivity index (χ1) is 12.6. The van der Waals surface area contributed by atoms with E-state index in [2.05, 4.69) is 55.4 Å². The van der Waals surface area contributed by atoms with Crippen LogP contribution in [0.3, 0.4) is 0 Å². The molecule has 2 aromatic heterocycles. The number of pyridine rings is 1. The molecule has 0 atom stereocenters. The van der Waals surface area contributed by atoms with Crippen molar-refractivity contribution in [2.24, 2.45) is 4.99 Å². The number of anilines is 1. The average molecular weight is 374 g/mol. The third-order valence-electron chi connectivity index (χ3n) is 4.40. The third kappa shape index (κ3) is 5.15. The van der Waals surface area contributed by atoms with Gasteiger partial charge in [0.2, 0.25) is 0 Å². The van der Waals surface area contributed by atoms with Crippen LogP contribution >= 0.6 is 11.3 Å². The van der Waals surface area contributed by atoms with Gasteiger partial charge in [-0.15, -0.1) is 11.3 Å². The number of rotatable bonds is 5. The minimum atomic E-state index is 0.682. The van der Waals surface area contributed by atoms with Crippen molar-refractivity contribution in [3.63, 3.8) is 0 Å². The molecule has 8 heteroatoms. The molecule has 7 nitrogen and oxygen atoms in total. The average Bonchev–Trinajstić information content (AvgIpc) is 3.08. The van der Waals surface area contributed by atoms with Crippen molar-refractivity contribution in [3.8, 4) is 0 Å². The molecule has 1 saturated heterocycles. The summed E-state index contributed by atoms with van der Waals surface area (Å²) in [6.07, 6.45) is 3.79. The van der Waals surface area contributed by atoms with Crippen LogP contribution in [0.4, 0.5) is 5.82 Å². The monoisotopic (exact) mass is 373 g/mol. The third-order valence-corrected chi connectivity index (χ3v) is 5.31. The van der Waals surface area contributed by atoms with Gasteiger partial charge in [0.05, 0.1) is 6.54 Å². The van der Waals surface area contributed by atoms with E-state index in [1.807, 2.05) is 18.5 Å². The largest absolute Gasteiger partial charge is 0.354 e. The Hall–Kier alpha value is -2.19. The second-order valence-corrected chi connectivity index (χ2v) is 7.78. The highest BCUT2D eigenvalue weighted by molar-refractivity contribution is 7.11. The molecule has 0 unspecified atom stereocenters. The van der Waals surface area contributed by atoms with E-state index < -0.39 is 0 Å². The Morgan fingerprint density at radius 1 is 1.19 bits per heavy atom. The molecule has 3 rings (SSSR count). The Morgan fingerprint density at radius 2 is 1.96 bits per heavy atom. The van der Waals surface area contributed by atoms with Gasteiger partial charge in [0.1, 0.15) is 10.8 Å². The van der Waals surface area contributed by atoms with Crippen molar-refractivity contribution in [1.82, 2.24) is 25.5 Å². The van der Waals surface area contributed by atoms with Gasteiger partial charge in [0, 0.05) is 57.0 Å². The van der Waals surface area contributed by atoms with Crippen LogP contribution in [-0.4, -0.2) is 61.1 Å². The molecule has 1 fully saturated rings. The molecule has 0 spiro atoms. The second-order valence-electron chi connectivity index (χ2n) is 6.46. The minimum Gasteiger partial charge on any atom is -0.354 e. The molecule has 2 N–H and O–H groups in total. The van der Waals surface area contributed by atoms with Crippen molar-refractivity contribution >= 4 is 23.1 Å². The van der Waals surface area contributed by atoms with Gasteiger partial charge in [-0.05, 0) is 31.7 Å². The lowest BCUT2D eigenvalue weighted by Crippen LogP contribution is -2.44. The number of piperazine rings is 1. The zero-order valence-electron chi connectivity index (χ0n) is 15.7. The predicted molar refractivity (Wildman–Crippen MR) is 108 cm³/mol. The summed E-state index contributed by atoms with van der Waals surface area (Å²) >= 11 is 1.70. The summed E-state index contributed by atoms with van der Waals surface area (Å²) in [6.45, 7) is 7.66. The van der Waals surface area contributed by atoms with E-state index in [-0.39, 0.29) is 0 Å². The molecule has 0 aromatic carbocycles. The Balaban J connectivity index is 1.52. The van der Waals surface area contributed by atoms with Crippen LogP contribution in [0.2, 0.25) is 0 Å². The zero-order chi connectivity index (χ0) is 18.4. The Labute approximate surface area is 159 Å². The number of guanidine groups is 1. The van der Waals surface area contributed by atoms with Gasteiger partial charge in [0.15, 0.2) is 5.96 Å². The maximum atomic E-state index is 4.54. The normalized spacial score (nSPS) is 16.0. The first-order valence-electron chi connectivity index (χ1n) is 8.88. The summed E-state index contributed by atoms with van der Waals surface area (Å²) in [7, 11) is 3.95. The summed E-state index contributed by atoms with van der Waals surface area (Å²) in [5.74, 6) is 1.83.